The zero-order valence-electron chi connectivity index (χ0n) is 15.7. The van der Waals surface area contributed by atoms with E-state index in [9.17, 15) is 18.0 Å². The highest BCUT2D eigenvalue weighted by molar-refractivity contribution is 7.92. The highest BCUT2D eigenvalue weighted by Gasteiger charge is 2.48. The Hall–Kier alpha value is -1.64. The van der Waals surface area contributed by atoms with Crippen molar-refractivity contribution in [1.82, 2.24) is 15.5 Å². The minimum atomic E-state index is -3.59. The lowest BCUT2D eigenvalue weighted by Crippen LogP contribution is -2.58. The molecule has 0 saturated carbocycles. The van der Waals surface area contributed by atoms with Crippen LogP contribution in [0.3, 0.4) is 0 Å². The average Bonchev–Trinajstić information content (AvgIpc) is 2.64. The van der Waals surface area contributed by atoms with Gasteiger partial charge in [-0.05, 0) is 38.4 Å². The number of likely N-dealkylation sites (N-methyl/N-ethyl adjacent to an activating group) is 1. The number of nitrogens with one attached hydrogen (secondary N) is 2. The van der Waals surface area contributed by atoms with Gasteiger partial charge in [-0.1, -0.05) is 30.3 Å². The van der Waals surface area contributed by atoms with Crippen LogP contribution in [-0.2, 0) is 26.0 Å². The molecule has 0 spiro atoms. The fourth-order valence-electron chi connectivity index (χ4n) is 3.21. The molecule has 0 atom stereocenters. The van der Waals surface area contributed by atoms with Crippen molar-refractivity contribution in [3.8, 4) is 0 Å². The minimum absolute atomic E-state index is 0. The van der Waals surface area contributed by atoms with Crippen LogP contribution >= 0.6 is 12.4 Å². The zero-order valence-corrected chi connectivity index (χ0v) is 17.4. The molecule has 1 heterocycles. The van der Waals surface area contributed by atoms with Crippen LogP contribution in [0.2, 0.25) is 0 Å². The molecule has 0 bridgehead atoms. The number of carbonyl (C=O) groups excluding carboxylic acids is 2. The van der Waals surface area contributed by atoms with Crippen molar-refractivity contribution in [2.45, 2.75) is 31.1 Å². The van der Waals surface area contributed by atoms with Gasteiger partial charge in [0.05, 0.1) is 6.54 Å². The Balaban J connectivity index is 0.00000364. The average molecular weight is 418 g/mol. The van der Waals surface area contributed by atoms with E-state index in [2.05, 4.69) is 10.6 Å². The molecule has 1 fully saturated rings. The Morgan fingerprint density at radius 2 is 1.78 bits per heavy atom. The first kappa shape index (κ1) is 23.4. The minimum Gasteiger partial charge on any atom is -0.346 e. The van der Waals surface area contributed by atoms with Crippen molar-refractivity contribution in [1.29, 1.82) is 0 Å². The van der Waals surface area contributed by atoms with Gasteiger partial charge in [0.2, 0.25) is 11.8 Å². The molecule has 1 aromatic rings. The van der Waals surface area contributed by atoms with Crippen LogP contribution < -0.4 is 10.6 Å². The molecule has 1 saturated heterocycles. The van der Waals surface area contributed by atoms with Crippen LogP contribution in [0.4, 0.5) is 0 Å². The third kappa shape index (κ3) is 5.67. The van der Waals surface area contributed by atoms with Gasteiger partial charge in [-0.25, -0.2) is 8.42 Å². The van der Waals surface area contributed by atoms with Crippen molar-refractivity contribution in [2.24, 2.45) is 0 Å². The Bertz CT molecular complexity index is 734. The highest BCUT2D eigenvalue weighted by atomic mass is 35.5. The number of amides is 2. The van der Waals surface area contributed by atoms with E-state index in [-0.39, 0.29) is 37.7 Å². The predicted molar refractivity (Wildman–Crippen MR) is 107 cm³/mol. The number of halogens is 1. The van der Waals surface area contributed by atoms with Crippen LogP contribution in [0.1, 0.15) is 25.3 Å². The number of nitrogens with zero attached hydrogens (tertiary/aromatic N) is 1. The molecule has 2 rings (SSSR count). The molecule has 1 aliphatic rings. The Morgan fingerprint density at radius 1 is 1.19 bits per heavy atom. The summed E-state index contributed by atoms with van der Waals surface area (Å²) in [5.74, 6) is -0.812. The van der Waals surface area contributed by atoms with Gasteiger partial charge in [-0.3, -0.25) is 9.59 Å². The number of carbonyl (C=O) groups is 2. The predicted octanol–water partition coefficient (Wildman–Crippen LogP) is 0.740. The van der Waals surface area contributed by atoms with E-state index >= 15 is 0 Å². The number of benzene rings is 1. The quantitative estimate of drug-likeness (QED) is 0.682. The SMILES string of the molecule is CCN(Cc1ccccc1)C(=O)CNC(=O)C1(S(C)(=O)=O)CCNCC1.Cl. The lowest BCUT2D eigenvalue weighted by molar-refractivity contribution is -0.134. The van der Waals surface area contributed by atoms with E-state index in [1.165, 1.54) is 0 Å². The van der Waals surface area contributed by atoms with Crippen LogP contribution in [0.15, 0.2) is 30.3 Å². The summed E-state index contributed by atoms with van der Waals surface area (Å²) in [6.07, 6.45) is 1.52. The Labute approximate surface area is 167 Å². The molecule has 7 nitrogen and oxygen atoms in total. The highest BCUT2D eigenvalue weighted by Crippen LogP contribution is 2.27. The second kappa shape index (κ2) is 10.1. The number of hydrogen-bond acceptors (Lipinski definition) is 5. The maximum absolute atomic E-state index is 12.7. The second-order valence-corrected chi connectivity index (χ2v) is 8.92. The first-order valence-electron chi connectivity index (χ1n) is 8.80. The molecule has 1 aromatic carbocycles. The van der Waals surface area contributed by atoms with Gasteiger partial charge < -0.3 is 15.5 Å². The summed E-state index contributed by atoms with van der Waals surface area (Å²) in [6, 6.07) is 9.58. The monoisotopic (exact) mass is 417 g/mol. The van der Waals surface area contributed by atoms with E-state index in [1.54, 1.807) is 4.90 Å². The normalized spacial score (nSPS) is 16.1. The number of rotatable bonds is 7. The Kier molecular flexibility index (Phi) is 8.71. The molecular formula is C18H28ClN3O4S. The molecule has 0 aliphatic carbocycles. The van der Waals surface area contributed by atoms with E-state index in [0.29, 0.717) is 26.2 Å². The van der Waals surface area contributed by atoms with Crippen LogP contribution in [0.25, 0.3) is 0 Å². The van der Waals surface area contributed by atoms with Gasteiger partial charge >= 0.3 is 0 Å². The molecule has 0 aromatic heterocycles. The summed E-state index contributed by atoms with van der Waals surface area (Å²) in [6.45, 7) is 3.54. The maximum atomic E-state index is 12.7. The summed E-state index contributed by atoms with van der Waals surface area (Å²) < 4.78 is 23.0. The van der Waals surface area contributed by atoms with Crippen molar-refractivity contribution < 1.29 is 18.0 Å². The van der Waals surface area contributed by atoms with Crippen molar-refractivity contribution >= 4 is 34.1 Å². The summed E-state index contributed by atoms with van der Waals surface area (Å²) in [5.41, 5.74) is 1.000. The standard InChI is InChI=1S/C18H27N3O4S.ClH/c1-3-21(14-15-7-5-4-6-8-15)16(22)13-20-17(23)18(26(2,24)25)9-11-19-12-10-18;/h4-8,19H,3,9-14H2,1-2H3,(H,20,23);1H. The van der Waals surface area contributed by atoms with Crippen molar-refractivity contribution in [3.05, 3.63) is 35.9 Å². The van der Waals surface area contributed by atoms with Crippen LogP contribution in [0.5, 0.6) is 0 Å². The van der Waals surface area contributed by atoms with E-state index in [0.717, 1.165) is 11.8 Å². The molecule has 27 heavy (non-hydrogen) atoms. The van der Waals surface area contributed by atoms with Gasteiger partial charge in [0.1, 0.15) is 0 Å². The second-order valence-electron chi connectivity index (χ2n) is 6.59. The van der Waals surface area contributed by atoms with Gasteiger partial charge in [-0.2, -0.15) is 0 Å². The topological polar surface area (TPSA) is 95.6 Å². The number of piperidine rings is 1. The van der Waals surface area contributed by atoms with E-state index in [4.69, 9.17) is 0 Å². The van der Waals surface area contributed by atoms with Crippen LogP contribution in [-0.4, -0.2) is 62.3 Å². The molecule has 0 unspecified atom stereocenters. The summed E-state index contributed by atoms with van der Waals surface area (Å²) in [7, 11) is -3.59. The van der Waals surface area contributed by atoms with E-state index < -0.39 is 20.5 Å². The lowest BCUT2D eigenvalue weighted by atomic mass is 9.96. The zero-order chi connectivity index (χ0) is 19.2. The molecule has 1 aliphatic heterocycles. The van der Waals surface area contributed by atoms with Gasteiger partial charge in [0.15, 0.2) is 14.6 Å². The third-order valence-corrected chi connectivity index (χ3v) is 6.90. The van der Waals surface area contributed by atoms with Gasteiger partial charge in [0.25, 0.3) is 0 Å². The molecule has 152 valence electrons. The largest absolute Gasteiger partial charge is 0.346 e. The molecule has 2 N–H and O–H groups in total. The number of hydrogen-bond donors (Lipinski definition) is 2. The smallest absolute Gasteiger partial charge is 0.242 e. The van der Waals surface area contributed by atoms with Crippen molar-refractivity contribution in [2.75, 3.05) is 32.4 Å². The fourth-order valence-corrected chi connectivity index (χ4v) is 4.56. The Morgan fingerprint density at radius 3 is 2.30 bits per heavy atom. The molecule has 0 radical (unpaired) electrons. The summed E-state index contributed by atoms with van der Waals surface area (Å²) in [5, 5.41) is 5.63. The van der Waals surface area contributed by atoms with E-state index in [1.807, 2.05) is 37.3 Å². The molecular weight excluding hydrogens is 390 g/mol. The van der Waals surface area contributed by atoms with Crippen LogP contribution in [0, 0.1) is 0 Å². The lowest BCUT2D eigenvalue weighted by Gasteiger charge is -2.34. The first-order valence-corrected chi connectivity index (χ1v) is 10.7. The first-order chi connectivity index (χ1) is 12.3. The molecule has 2 amide bonds. The molecule has 9 heteroatoms. The van der Waals surface area contributed by atoms with Crippen molar-refractivity contribution in [3.63, 3.8) is 0 Å². The van der Waals surface area contributed by atoms with Gasteiger partial charge in [-0.15, -0.1) is 12.4 Å². The third-order valence-electron chi connectivity index (χ3n) is 4.89. The summed E-state index contributed by atoms with van der Waals surface area (Å²) in [4.78, 5) is 26.8. The maximum Gasteiger partial charge on any atom is 0.242 e. The van der Waals surface area contributed by atoms with Gasteiger partial charge in [0, 0.05) is 19.3 Å². The number of sulfone groups is 1. The fraction of sp³-hybridized carbons (Fsp3) is 0.556. The summed E-state index contributed by atoms with van der Waals surface area (Å²) >= 11 is 0.